The molecule has 0 bridgehead atoms. The topological polar surface area (TPSA) is 92.9 Å². The number of carbonyl (C=O) groups is 1. The molecule has 0 unspecified atom stereocenters. The van der Waals surface area contributed by atoms with Crippen LogP contribution in [0.5, 0.6) is 0 Å². The first-order valence-electron chi connectivity index (χ1n) is 7.86. The van der Waals surface area contributed by atoms with E-state index in [2.05, 4.69) is 10.3 Å². The van der Waals surface area contributed by atoms with Crippen molar-refractivity contribution >= 4 is 16.9 Å². The van der Waals surface area contributed by atoms with Gasteiger partial charge < -0.3 is 16.0 Å². The van der Waals surface area contributed by atoms with Crippen LogP contribution in [0.2, 0.25) is 0 Å². The Balaban J connectivity index is 1.62. The number of hydrogen-bond donors (Lipinski definition) is 3. The van der Waals surface area contributed by atoms with Crippen LogP contribution in [0.4, 0.5) is 0 Å². The van der Waals surface area contributed by atoms with Gasteiger partial charge in [-0.15, -0.1) is 0 Å². The minimum Gasteiger partial charge on any atom is -0.354 e. The fourth-order valence-corrected chi connectivity index (χ4v) is 3.41. The number of carbonyl (C=O) groups excluding carboxylic acids is 1. The van der Waals surface area contributed by atoms with Crippen LogP contribution in [0, 0.1) is 11.8 Å². The molecule has 1 fully saturated rings. The SMILES string of the molecule is NC[C@H]1CCC[C@H]1C(=O)NCCn1c(=O)[nH]c2ccccc21. The molecule has 1 heterocycles. The number of hydrogen-bond acceptors (Lipinski definition) is 3. The molecule has 0 saturated heterocycles. The molecule has 1 amide bonds. The highest BCUT2D eigenvalue weighted by Crippen LogP contribution is 2.30. The monoisotopic (exact) mass is 302 g/mol. The highest BCUT2D eigenvalue weighted by molar-refractivity contribution is 5.79. The van der Waals surface area contributed by atoms with E-state index < -0.39 is 0 Å². The summed E-state index contributed by atoms with van der Waals surface area (Å²) in [5.74, 6) is 0.404. The van der Waals surface area contributed by atoms with E-state index in [1.54, 1.807) is 4.57 Å². The molecular formula is C16H22N4O2. The zero-order valence-electron chi connectivity index (χ0n) is 12.5. The summed E-state index contributed by atoms with van der Waals surface area (Å²) in [6.45, 7) is 1.49. The van der Waals surface area contributed by atoms with Crippen LogP contribution in [0.15, 0.2) is 29.1 Å². The van der Waals surface area contributed by atoms with E-state index >= 15 is 0 Å². The van der Waals surface area contributed by atoms with E-state index in [4.69, 9.17) is 5.73 Å². The number of nitrogens with zero attached hydrogens (tertiary/aromatic N) is 1. The molecule has 0 aliphatic heterocycles. The summed E-state index contributed by atoms with van der Waals surface area (Å²) in [5.41, 5.74) is 7.26. The molecule has 0 radical (unpaired) electrons. The molecule has 1 aliphatic rings. The Bertz CT molecular complexity index is 718. The number of aromatic amines is 1. The Morgan fingerprint density at radius 3 is 3.00 bits per heavy atom. The number of para-hydroxylation sites is 2. The van der Waals surface area contributed by atoms with Crippen molar-refractivity contribution in [2.24, 2.45) is 17.6 Å². The minimum absolute atomic E-state index is 0.0321. The number of aromatic nitrogens is 2. The molecule has 0 spiro atoms. The second-order valence-corrected chi connectivity index (χ2v) is 5.92. The van der Waals surface area contributed by atoms with Crippen molar-refractivity contribution in [1.82, 2.24) is 14.9 Å². The molecule has 2 aromatic rings. The van der Waals surface area contributed by atoms with Crippen LogP contribution in [0.25, 0.3) is 11.0 Å². The Labute approximate surface area is 128 Å². The van der Waals surface area contributed by atoms with E-state index in [0.29, 0.717) is 25.6 Å². The third-order valence-corrected chi connectivity index (χ3v) is 4.61. The van der Waals surface area contributed by atoms with Crippen LogP contribution in [-0.2, 0) is 11.3 Å². The molecule has 118 valence electrons. The van der Waals surface area contributed by atoms with Crippen molar-refractivity contribution in [2.75, 3.05) is 13.1 Å². The summed E-state index contributed by atoms with van der Waals surface area (Å²) in [6.07, 6.45) is 3.03. The predicted octanol–water partition coefficient (Wildman–Crippen LogP) is 0.821. The number of rotatable bonds is 5. The fourth-order valence-electron chi connectivity index (χ4n) is 3.41. The molecule has 3 rings (SSSR count). The van der Waals surface area contributed by atoms with Crippen LogP contribution in [-0.4, -0.2) is 28.5 Å². The van der Waals surface area contributed by atoms with Crippen molar-refractivity contribution in [2.45, 2.75) is 25.8 Å². The Kier molecular flexibility index (Phi) is 4.29. The highest BCUT2D eigenvalue weighted by atomic mass is 16.2. The minimum atomic E-state index is -0.142. The summed E-state index contributed by atoms with van der Waals surface area (Å²) < 4.78 is 1.66. The third-order valence-electron chi connectivity index (χ3n) is 4.61. The Morgan fingerprint density at radius 1 is 1.36 bits per heavy atom. The largest absolute Gasteiger partial charge is 0.354 e. The van der Waals surface area contributed by atoms with Gasteiger partial charge in [-0.3, -0.25) is 9.36 Å². The van der Waals surface area contributed by atoms with Crippen molar-refractivity contribution in [3.8, 4) is 0 Å². The lowest BCUT2D eigenvalue weighted by atomic mass is 9.95. The molecular weight excluding hydrogens is 280 g/mol. The van der Waals surface area contributed by atoms with Gasteiger partial charge in [-0.25, -0.2) is 4.79 Å². The third kappa shape index (κ3) is 2.78. The first-order chi connectivity index (χ1) is 10.7. The van der Waals surface area contributed by atoms with Gasteiger partial charge >= 0.3 is 5.69 Å². The summed E-state index contributed by atoms with van der Waals surface area (Å²) >= 11 is 0. The van der Waals surface area contributed by atoms with Gasteiger partial charge in [0.2, 0.25) is 5.91 Å². The molecule has 22 heavy (non-hydrogen) atoms. The summed E-state index contributed by atoms with van der Waals surface area (Å²) in [7, 11) is 0. The molecule has 2 atom stereocenters. The van der Waals surface area contributed by atoms with Crippen molar-refractivity contribution in [1.29, 1.82) is 0 Å². The normalized spacial score (nSPS) is 21.3. The lowest BCUT2D eigenvalue weighted by molar-refractivity contribution is -0.125. The Morgan fingerprint density at radius 2 is 2.18 bits per heavy atom. The number of benzene rings is 1. The van der Waals surface area contributed by atoms with Crippen molar-refractivity contribution < 1.29 is 4.79 Å². The second-order valence-electron chi connectivity index (χ2n) is 5.92. The maximum atomic E-state index is 12.2. The van der Waals surface area contributed by atoms with Gasteiger partial charge in [-0.1, -0.05) is 18.6 Å². The lowest BCUT2D eigenvalue weighted by Crippen LogP contribution is -2.37. The molecule has 1 aliphatic carbocycles. The number of fused-ring (bicyclic) bond motifs is 1. The van der Waals surface area contributed by atoms with Gasteiger partial charge in [0.15, 0.2) is 0 Å². The average Bonchev–Trinajstić information content (AvgIpc) is 3.11. The first kappa shape index (κ1) is 14.8. The summed E-state index contributed by atoms with van der Waals surface area (Å²) in [5, 5.41) is 2.95. The molecule has 4 N–H and O–H groups in total. The van der Waals surface area contributed by atoms with Crippen LogP contribution < -0.4 is 16.7 Å². The smallest absolute Gasteiger partial charge is 0.326 e. The zero-order chi connectivity index (χ0) is 15.5. The molecule has 6 heteroatoms. The molecule has 6 nitrogen and oxygen atoms in total. The number of H-pyrrole nitrogens is 1. The van der Waals surface area contributed by atoms with E-state index in [9.17, 15) is 9.59 Å². The lowest BCUT2D eigenvalue weighted by Gasteiger charge is -2.17. The van der Waals surface area contributed by atoms with Crippen LogP contribution in [0.3, 0.4) is 0 Å². The van der Waals surface area contributed by atoms with Crippen LogP contribution in [0.1, 0.15) is 19.3 Å². The summed E-state index contributed by atoms with van der Waals surface area (Å²) in [6, 6.07) is 7.55. The first-order valence-corrected chi connectivity index (χ1v) is 7.86. The Hall–Kier alpha value is -2.08. The molecule has 1 aromatic heterocycles. The van der Waals surface area contributed by atoms with Gasteiger partial charge in [0.1, 0.15) is 0 Å². The van der Waals surface area contributed by atoms with E-state index in [1.165, 1.54) is 0 Å². The molecule has 1 aromatic carbocycles. The number of nitrogens with one attached hydrogen (secondary N) is 2. The van der Waals surface area contributed by atoms with Crippen molar-refractivity contribution in [3.05, 3.63) is 34.7 Å². The number of nitrogens with two attached hydrogens (primary N) is 1. The van der Waals surface area contributed by atoms with Gasteiger partial charge in [0.25, 0.3) is 0 Å². The van der Waals surface area contributed by atoms with Gasteiger partial charge in [0.05, 0.1) is 11.0 Å². The van der Waals surface area contributed by atoms with E-state index in [-0.39, 0.29) is 17.5 Å². The van der Waals surface area contributed by atoms with Gasteiger partial charge in [-0.05, 0) is 37.4 Å². The van der Waals surface area contributed by atoms with E-state index in [0.717, 1.165) is 30.3 Å². The standard InChI is InChI=1S/C16H22N4O2/c17-10-11-4-3-5-12(11)15(21)18-8-9-20-14-7-2-1-6-13(14)19-16(20)22/h1-2,6-7,11-12H,3-5,8-10,17H2,(H,18,21)(H,19,22)/t11-,12-/m1/s1. The van der Waals surface area contributed by atoms with E-state index in [1.807, 2.05) is 24.3 Å². The predicted molar refractivity (Wildman–Crippen MR) is 85.5 cm³/mol. The number of amides is 1. The zero-order valence-corrected chi connectivity index (χ0v) is 12.5. The van der Waals surface area contributed by atoms with Crippen molar-refractivity contribution in [3.63, 3.8) is 0 Å². The molecule has 1 saturated carbocycles. The summed E-state index contributed by atoms with van der Waals surface area (Å²) in [4.78, 5) is 27.0. The maximum Gasteiger partial charge on any atom is 0.326 e. The quantitative estimate of drug-likeness (QED) is 0.763. The highest BCUT2D eigenvalue weighted by Gasteiger charge is 2.31. The fraction of sp³-hybridized carbons (Fsp3) is 0.500. The second kappa shape index (κ2) is 6.36. The van der Waals surface area contributed by atoms with Gasteiger partial charge in [-0.2, -0.15) is 0 Å². The average molecular weight is 302 g/mol. The van der Waals surface area contributed by atoms with Gasteiger partial charge in [0, 0.05) is 19.0 Å². The maximum absolute atomic E-state index is 12.2. The number of imidazole rings is 1. The van der Waals surface area contributed by atoms with Crippen LogP contribution >= 0.6 is 0 Å².